The first-order chi connectivity index (χ1) is 24.8. The zero-order valence-corrected chi connectivity index (χ0v) is 31.3. The van der Waals surface area contributed by atoms with E-state index in [0.29, 0.717) is 38.5 Å². The van der Waals surface area contributed by atoms with Crippen LogP contribution in [-0.2, 0) is 17.6 Å². The number of nitrogens with zero attached hydrogens (tertiary/aromatic N) is 2. The van der Waals surface area contributed by atoms with E-state index in [1.165, 1.54) is 16.0 Å². The van der Waals surface area contributed by atoms with Crippen molar-refractivity contribution in [3.05, 3.63) is 34.9 Å². The number of aliphatic imine (C=N–C) groups is 1. The van der Waals surface area contributed by atoms with E-state index in [1.54, 1.807) is 0 Å². The molecule has 4 bridgehead atoms. The van der Waals surface area contributed by atoms with E-state index in [-0.39, 0.29) is 60.4 Å². The van der Waals surface area contributed by atoms with Crippen molar-refractivity contribution < 1.29 is 30.1 Å². The molecule has 5 heterocycles. The fourth-order valence-electron chi connectivity index (χ4n) is 11.0. The Balaban J connectivity index is 1.23. The summed E-state index contributed by atoms with van der Waals surface area (Å²) in [5.41, 5.74) is 7.34. The predicted molar refractivity (Wildman–Crippen MR) is 198 cm³/mol. The minimum Gasteiger partial charge on any atom is -0.550 e. The van der Waals surface area contributed by atoms with Gasteiger partial charge in [-0.3, -0.25) is 10.2 Å². The highest BCUT2D eigenvalue weighted by Gasteiger charge is 2.53. The maximum Gasteiger partial charge on any atom is 0.171 e. The molecule has 0 aromatic heterocycles. The first kappa shape index (κ1) is 37.9. The number of quaternary nitrogens is 1. The van der Waals surface area contributed by atoms with Crippen LogP contribution in [-0.4, -0.2) is 112 Å². The summed E-state index contributed by atoms with van der Waals surface area (Å²) >= 11 is 0. The van der Waals surface area contributed by atoms with E-state index in [9.17, 15) is 25.2 Å². The number of nitrogens with two attached hydrogens (primary N) is 1. The second-order valence-corrected chi connectivity index (χ2v) is 17.9. The molecule has 11 nitrogen and oxygen atoms in total. The van der Waals surface area contributed by atoms with Gasteiger partial charge in [0.25, 0.3) is 0 Å². The average Bonchev–Trinajstić information content (AvgIpc) is 3.61. The lowest BCUT2D eigenvalue weighted by Gasteiger charge is -2.55. The zero-order chi connectivity index (χ0) is 36.7. The highest BCUT2D eigenvalue weighted by molar-refractivity contribution is 5.65. The topological polar surface area (TPSA) is 171 Å². The van der Waals surface area contributed by atoms with Crippen molar-refractivity contribution in [1.29, 1.82) is 0 Å². The number of hydrogen-bond acceptors (Lipinski definition) is 10. The van der Waals surface area contributed by atoms with Crippen LogP contribution in [0.15, 0.2) is 23.2 Å². The molecule has 286 valence electrons. The molecular formula is C41H62N6O5. The number of hydrogen-bond donors (Lipinski definition) is 7. The van der Waals surface area contributed by atoms with Crippen molar-refractivity contribution in [2.24, 2.45) is 22.6 Å². The van der Waals surface area contributed by atoms with Crippen molar-refractivity contribution in [1.82, 2.24) is 15.5 Å². The molecule has 7 rings (SSSR count). The van der Waals surface area contributed by atoms with Crippen LogP contribution in [0.3, 0.4) is 0 Å². The Morgan fingerprint density at radius 1 is 1.15 bits per heavy atom. The summed E-state index contributed by atoms with van der Waals surface area (Å²) in [4.78, 5) is 20.3. The van der Waals surface area contributed by atoms with Gasteiger partial charge in [0.15, 0.2) is 6.67 Å². The van der Waals surface area contributed by atoms with Gasteiger partial charge >= 0.3 is 0 Å². The van der Waals surface area contributed by atoms with Gasteiger partial charge in [0.2, 0.25) is 0 Å². The van der Waals surface area contributed by atoms with Crippen LogP contribution in [0.4, 0.5) is 0 Å². The molecule has 12 atom stereocenters. The molecule has 3 fully saturated rings. The fourth-order valence-corrected chi connectivity index (χ4v) is 11.0. The molecular weight excluding hydrogens is 656 g/mol. The van der Waals surface area contributed by atoms with E-state index in [2.05, 4.69) is 64.4 Å². The number of fused-ring (bicyclic) bond motifs is 5. The molecule has 6 aliphatic rings. The maximum atomic E-state index is 12.9. The van der Waals surface area contributed by atoms with Crippen LogP contribution < -0.4 is 26.4 Å². The van der Waals surface area contributed by atoms with Gasteiger partial charge in [0.05, 0.1) is 35.7 Å². The Hall–Kier alpha value is -2.40. The molecule has 0 saturated carbocycles. The lowest BCUT2D eigenvalue weighted by atomic mass is 9.68. The van der Waals surface area contributed by atoms with E-state index in [4.69, 9.17) is 5.73 Å². The average molecular weight is 719 g/mol. The highest BCUT2D eigenvalue weighted by Crippen LogP contribution is 2.43. The molecule has 52 heavy (non-hydrogen) atoms. The maximum absolute atomic E-state index is 12.9. The van der Waals surface area contributed by atoms with Crippen LogP contribution in [0.1, 0.15) is 108 Å². The quantitative estimate of drug-likeness (QED) is 0.205. The molecule has 8 N–H and O–H groups in total. The molecule has 3 saturated heterocycles. The summed E-state index contributed by atoms with van der Waals surface area (Å²) in [5.74, 6) is 6.15. The highest BCUT2D eigenvalue weighted by atomic mass is 16.4. The summed E-state index contributed by atoms with van der Waals surface area (Å²) in [6.07, 6.45) is 10.3. The van der Waals surface area contributed by atoms with Crippen molar-refractivity contribution in [2.45, 2.75) is 157 Å². The molecule has 1 aromatic carbocycles. The Kier molecular flexibility index (Phi) is 11.2. The number of β-amino-alcohol motifs (C(OH)–C–C–N with tert-alkyl or cyclic N) is 1. The van der Waals surface area contributed by atoms with Crippen LogP contribution in [0, 0.1) is 23.7 Å². The van der Waals surface area contributed by atoms with Crippen molar-refractivity contribution in [3.63, 3.8) is 0 Å². The second-order valence-electron chi connectivity index (χ2n) is 17.9. The summed E-state index contributed by atoms with van der Waals surface area (Å²) < 4.78 is 0. The van der Waals surface area contributed by atoms with Crippen LogP contribution in [0.5, 0.6) is 0 Å². The minimum absolute atomic E-state index is 0.0273. The lowest BCUT2D eigenvalue weighted by molar-refractivity contribution is -0.915. The van der Waals surface area contributed by atoms with E-state index < -0.39 is 23.6 Å². The van der Waals surface area contributed by atoms with E-state index >= 15 is 0 Å². The van der Waals surface area contributed by atoms with Crippen LogP contribution in [0.25, 0.3) is 0 Å². The molecule has 0 spiro atoms. The number of carboxylic acid groups (broad SMARTS) is 1. The molecule has 1 aliphatic carbocycles. The lowest BCUT2D eigenvalue weighted by Crippen LogP contribution is -3.17. The predicted octanol–water partition coefficient (Wildman–Crippen LogP) is -0.376. The Morgan fingerprint density at radius 3 is 2.73 bits per heavy atom. The van der Waals surface area contributed by atoms with Crippen molar-refractivity contribution >= 4 is 12.2 Å². The second kappa shape index (κ2) is 15.4. The van der Waals surface area contributed by atoms with Crippen molar-refractivity contribution in [2.75, 3.05) is 26.3 Å². The van der Waals surface area contributed by atoms with Gasteiger partial charge in [0.1, 0.15) is 12.6 Å². The monoisotopic (exact) mass is 718 g/mol. The normalized spacial score (nSPS) is 43.0. The number of benzene rings is 1. The SMILES string of the molecule is C[C@@H]1[C@H](O)C[C@@H]([NH+]2CC=NC2)[C@@H]2C[C@@](O)([C@@H]3CCC[C@@H]4CC#Cc5c(cccc5C3)C[C@@H]3C[C@](C)(C[C@H](N)N3)NC[C@](O)(CC(=O)[O-])CC4)CCN12. The molecule has 1 aromatic rings. The summed E-state index contributed by atoms with van der Waals surface area (Å²) in [5, 5.41) is 54.9. The molecule has 5 aliphatic heterocycles. The van der Waals surface area contributed by atoms with Crippen molar-refractivity contribution in [3.8, 4) is 11.8 Å². The third-order valence-corrected chi connectivity index (χ3v) is 14.0. The van der Waals surface area contributed by atoms with Gasteiger partial charge in [-0.05, 0) is 101 Å². The van der Waals surface area contributed by atoms with E-state index in [0.717, 1.165) is 70.3 Å². The van der Waals surface area contributed by atoms with E-state index in [1.807, 2.05) is 6.21 Å². The number of aliphatic hydroxyl groups excluding tert-OH is 1. The number of carbonyl (C=O) groups is 1. The summed E-state index contributed by atoms with van der Waals surface area (Å²) in [7, 11) is 0. The summed E-state index contributed by atoms with van der Waals surface area (Å²) in [6.45, 7) is 6.77. The van der Waals surface area contributed by atoms with Crippen LogP contribution >= 0.6 is 0 Å². The van der Waals surface area contributed by atoms with Crippen LogP contribution in [0.2, 0.25) is 0 Å². The van der Waals surface area contributed by atoms with Gasteiger partial charge in [-0.2, -0.15) is 0 Å². The molecule has 0 radical (unpaired) electrons. The van der Waals surface area contributed by atoms with Gasteiger partial charge < -0.3 is 41.2 Å². The summed E-state index contributed by atoms with van der Waals surface area (Å²) in [6, 6.07) is 7.04. The third-order valence-electron chi connectivity index (χ3n) is 14.0. The first-order valence-corrected chi connectivity index (χ1v) is 20.1. The smallest absolute Gasteiger partial charge is 0.171 e. The minimum atomic E-state index is -1.45. The largest absolute Gasteiger partial charge is 0.550 e. The molecule has 0 amide bonds. The number of nitrogens with one attached hydrogen (secondary N) is 3. The Bertz CT molecular complexity index is 1540. The Labute approximate surface area is 309 Å². The first-order valence-electron chi connectivity index (χ1n) is 20.1. The van der Waals surface area contributed by atoms with Gasteiger partial charge in [0, 0.05) is 61.5 Å². The number of carboxylic acids is 1. The number of aliphatic hydroxyl groups is 3. The third kappa shape index (κ3) is 8.30. The van der Waals surface area contributed by atoms with Gasteiger partial charge in [-0.1, -0.05) is 36.5 Å². The fraction of sp³-hybridized carbons (Fsp3) is 0.756. The number of carbonyl (C=O) groups excluding carboxylic acids is 1. The number of piperidine rings is 3. The Morgan fingerprint density at radius 2 is 1.96 bits per heavy atom. The van der Waals surface area contributed by atoms with Gasteiger partial charge in [-0.15, -0.1) is 0 Å². The molecule has 1 unspecified atom stereocenters. The zero-order valence-electron chi connectivity index (χ0n) is 31.3. The number of aliphatic carboxylic acids is 1. The molecule has 11 heteroatoms. The number of rotatable bonds is 4. The standard InChI is InChI=1S/C41H62N6O5/c1-27-36(48)20-34(46-17-15-43-26-46)35-22-41(52,14-16-47(27)35)31-10-3-6-28-7-4-11-33-29(18-31)8-5-9-30(33)19-32-21-39(2,23-37(42)45-32)44-25-40(51,13-12-28)24-38(49)50/h5,8-9,15,27-28,31-32,34-37,44-45,48,51-52H,3,6-7,10,12-14,16-26,42H2,1-2H3,(H,49,50)/t27-,28-,31-,32-,34-,35+,36-,37-,39-,40-,41-/m1/s1. The van der Waals surface area contributed by atoms with Gasteiger partial charge in [-0.25, -0.2) is 4.99 Å².